The molecular formula is C29H23F4N3O5. The van der Waals surface area contributed by atoms with Crippen LogP contribution in [0.5, 0.6) is 11.5 Å². The van der Waals surface area contributed by atoms with Gasteiger partial charge < -0.3 is 20.5 Å². The van der Waals surface area contributed by atoms with E-state index < -0.39 is 63.2 Å². The van der Waals surface area contributed by atoms with E-state index in [1.165, 1.54) is 0 Å². The fourth-order valence-corrected chi connectivity index (χ4v) is 3.87. The van der Waals surface area contributed by atoms with Gasteiger partial charge in [-0.15, -0.1) is 0 Å². The third-order valence-corrected chi connectivity index (χ3v) is 5.78. The Morgan fingerprint density at radius 3 is 2.20 bits per heavy atom. The quantitative estimate of drug-likeness (QED) is 0.0917. The lowest BCUT2D eigenvalue weighted by Crippen LogP contribution is -2.28. The van der Waals surface area contributed by atoms with E-state index in [0.29, 0.717) is 29.3 Å². The van der Waals surface area contributed by atoms with Crippen LogP contribution < -0.4 is 26.1 Å². The molecular weight excluding hydrogens is 546 g/mol. The van der Waals surface area contributed by atoms with Crippen LogP contribution in [0.2, 0.25) is 0 Å². The van der Waals surface area contributed by atoms with Crippen LogP contribution >= 0.6 is 0 Å². The first-order valence-corrected chi connectivity index (χ1v) is 12.3. The molecule has 12 heteroatoms. The summed E-state index contributed by atoms with van der Waals surface area (Å²) in [5.41, 5.74) is 3.15. The van der Waals surface area contributed by atoms with Gasteiger partial charge in [-0.3, -0.25) is 19.0 Å². The molecule has 0 saturated carbocycles. The summed E-state index contributed by atoms with van der Waals surface area (Å²) in [5.74, 6) is -6.43. The summed E-state index contributed by atoms with van der Waals surface area (Å²) in [6.45, 7) is 0.320. The van der Waals surface area contributed by atoms with Gasteiger partial charge in [-0.2, -0.15) is 0 Å². The molecule has 0 radical (unpaired) electrons. The maximum Gasteiger partial charge on any atom is 0.325 e. The zero-order valence-corrected chi connectivity index (χ0v) is 21.3. The SMILES string of the molecule is Nc1c(C(=O)c2ccc(F)cc2F)ccc(=O)n1-c1c(F)cc(OCCCNCC(=O)Oc2ccccc2)cc1F. The summed E-state index contributed by atoms with van der Waals surface area (Å²) >= 11 is 0. The summed E-state index contributed by atoms with van der Waals surface area (Å²) in [5, 5.41) is 2.87. The summed E-state index contributed by atoms with van der Waals surface area (Å²) in [6, 6.07) is 14.3. The summed E-state index contributed by atoms with van der Waals surface area (Å²) in [6.07, 6.45) is 0.375. The predicted octanol–water partition coefficient (Wildman–Crippen LogP) is 4.17. The number of nitrogen functional groups attached to an aromatic ring is 1. The minimum absolute atomic E-state index is 0.0360. The molecule has 3 N–H and O–H groups in total. The Morgan fingerprint density at radius 1 is 0.829 bits per heavy atom. The highest BCUT2D eigenvalue weighted by Crippen LogP contribution is 2.27. The number of esters is 1. The average molecular weight is 570 g/mol. The van der Waals surface area contributed by atoms with E-state index in [2.05, 4.69) is 5.32 Å². The maximum absolute atomic E-state index is 15.0. The third kappa shape index (κ3) is 6.97. The van der Waals surface area contributed by atoms with Gasteiger partial charge in [0, 0.05) is 24.3 Å². The van der Waals surface area contributed by atoms with Crippen LogP contribution in [-0.4, -0.2) is 36.0 Å². The van der Waals surface area contributed by atoms with Crippen LogP contribution in [0.4, 0.5) is 23.4 Å². The zero-order valence-electron chi connectivity index (χ0n) is 21.3. The monoisotopic (exact) mass is 569 g/mol. The lowest BCUT2D eigenvalue weighted by molar-refractivity contribution is -0.133. The molecule has 1 heterocycles. The number of rotatable bonds is 11. The average Bonchev–Trinajstić information content (AvgIpc) is 2.92. The Bertz CT molecular complexity index is 1620. The van der Waals surface area contributed by atoms with Crippen molar-refractivity contribution >= 4 is 17.6 Å². The molecule has 0 aliphatic rings. The topological polar surface area (TPSA) is 113 Å². The van der Waals surface area contributed by atoms with Crippen LogP contribution in [0.1, 0.15) is 22.3 Å². The van der Waals surface area contributed by atoms with Crippen molar-refractivity contribution in [2.24, 2.45) is 0 Å². The largest absolute Gasteiger partial charge is 0.493 e. The lowest BCUT2D eigenvalue weighted by atomic mass is 10.0. The number of halogens is 4. The lowest BCUT2D eigenvalue weighted by Gasteiger charge is -2.16. The molecule has 3 aromatic carbocycles. The van der Waals surface area contributed by atoms with Crippen molar-refractivity contribution < 1.29 is 36.6 Å². The van der Waals surface area contributed by atoms with Crippen molar-refractivity contribution in [1.82, 2.24) is 9.88 Å². The van der Waals surface area contributed by atoms with Gasteiger partial charge in [0.15, 0.2) is 17.4 Å². The highest BCUT2D eigenvalue weighted by molar-refractivity contribution is 6.11. The van der Waals surface area contributed by atoms with Crippen molar-refractivity contribution in [3.63, 3.8) is 0 Å². The number of aromatic nitrogens is 1. The first kappa shape index (κ1) is 29.0. The van der Waals surface area contributed by atoms with Gasteiger partial charge in [-0.25, -0.2) is 17.6 Å². The fraction of sp³-hybridized carbons (Fsp3) is 0.138. The van der Waals surface area contributed by atoms with E-state index in [1.807, 2.05) is 0 Å². The van der Waals surface area contributed by atoms with Crippen molar-refractivity contribution in [1.29, 1.82) is 0 Å². The van der Waals surface area contributed by atoms with E-state index >= 15 is 8.78 Å². The van der Waals surface area contributed by atoms with Gasteiger partial charge in [0.2, 0.25) is 0 Å². The fourth-order valence-electron chi connectivity index (χ4n) is 3.87. The number of hydrogen-bond donors (Lipinski definition) is 2. The van der Waals surface area contributed by atoms with Gasteiger partial charge in [-0.1, -0.05) is 18.2 Å². The van der Waals surface area contributed by atoms with Gasteiger partial charge in [-0.05, 0) is 43.3 Å². The number of carbonyl (C=O) groups excluding carboxylic acids is 2. The molecule has 1 aromatic heterocycles. The molecule has 0 fully saturated rings. The zero-order chi connectivity index (χ0) is 29.5. The molecule has 0 saturated heterocycles. The number of nitrogens with two attached hydrogens (primary N) is 1. The summed E-state index contributed by atoms with van der Waals surface area (Å²) in [4.78, 5) is 37.2. The second kappa shape index (κ2) is 12.9. The second-order valence-electron chi connectivity index (χ2n) is 8.66. The van der Waals surface area contributed by atoms with E-state index in [4.69, 9.17) is 15.2 Å². The van der Waals surface area contributed by atoms with Crippen LogP contribution in [-0.2, 0) is 4.79 Å². The van der Waals surface area contributed by atoms with Crippen LogP contribution in [0.15, 0.2) is 77.6 Å². The van der Waals surface area contributed by atoms with Gasteiger partial charge in [0.25, 0.3) is 5.56 Å². The highest BCUT2D eigenvalue weighted by atomic mass is 19.1. The van der Waals surface area contributed by atoms with Crippen LogP contribution in [0, 0.1) is 23.3 Å². The third-order valence-electron chi connectivity index (χ3n) is 5.78. The number of carbonyl (C=O) groups is 2. The standard InChI is InChI=1S/C29H23F4N3O5/c30-17-7-8-20(22(31)13-17)28(39)21-9-10-25(37)36(29(21)34)27-23(32)14-19(15-24(27)33)40-12-4-11-35-16-26(38)41-18-5-2-1-3-6-18/h1-3,5-10,13-15,35H,4,11-12,16,34H2. The molecule has 0 bridgehead atoms. The number of ketones is 1. The van der Waals surface area contributed by atoms with Crippen LogP contribution in [0.25, 0.3) is 5.69 Å². The number of anilines is 1. The Kier molecular flexibility index (Phi) is 9.15. The van der Waals surface area contributed by atoms with Crippen molar-refractivity contribution in [3.05, 3.63) is 118 Å². The number of para-hydroxylation sites is 1. The Morgan fingerprint density at radius 2 is 1.51 bits per heavy atom. The van der Waals surface area contributed by atoms with Gasteiger partial charge in [0.05, 0.1) is 24.3 Å². The number of ether oxygens (including phenoxy) is 2. The molecule has 0 atom stereocenters. The van der Waals surface area contributed by atoms with E-state index in [-0.39, 0.29) is 18.9 Å². The molecule has 0 unspecified atom stereocenters. The molecule has 0 amide bonds. The molecule has 0 spiro atoms. The Balaban J connectivity index is 1.40. The smallest absolute Gasteiger partial charge is 0.325 e. The number of nitrogens with zero attached hydrogens (tertiary/aromatic N) is 1. The number of hydrogen-bond acceptors (Lipinski definition) is 7. The summed E-state index contributed by atoms with van der Waals surface area (Å²) in [7, 11) is 0. The van der Waals surface area contributed by atoms with Crippen molar-refractivity contribution in [3.8, 4) is 17.2 Å². The van der Waals surface area contributed by atoms with Crippen molar-refractivity contribution in [2.45, 2.75) is 6.42 Å². The van der Waals surface area contributed by atoms with Crippen molar-refractivity contribution in [2.75, 3.05) is 25.4 Å². The number of nitrogens with one attached hydrogen (secondary N) is 1. The molecule has 0 aliphatic heterocycles. The minimum atomic E-state index is -1.21. The molecule has 41 heavy (non-hydrogen) atoms. The number of pyridine rings is 1. The minimum Gasteiger partial charge on any atom is -0.493 e. The van der Waals surface area contributed by atoms with E-state index in [1.54, 1.807) is 30.3 Å². The molecule has 4 rings (SSSR count). The molecule has 8 nitrogen and oxygen atoms in total. The normalized spacial score (nSPS) is 10.8. The second-order valence-corrected chi connectivity index (χ2v) is 8.66. The molecule has 0 aliphatic carbocycles. The highest BCUT2D eigenvalue weighted by Gasteiger charge is 2.23. The predicted molar refractivity (Wildman–Crippen MR) is 141 cm³/mol. The first-order chi connectivity index (χ1) is 19.7. The van der Waals surface area contributed by atoms with Gasteiger partial charge in [0.1, 0.15) is 34.6 Å². The van der Waals surface area contributed by atoms with E-state index in [9.17, 15) is 23.2 Å². The van der Waals surface area contributed by atoms with Gasteiger partial charge >= 0.3 is 5.97 Å². The molecule has 212 valence electrons. The Labute approximate surface area is 230 Å². The Hall–Kier alpha value is -4.97. The first-order valence-electron chi connectivity index (χ1n) is 12.3. The van der Waals surface area contributed by atoms with Crippen LogP contribution in [0.3, 0.4) is 0 Å². The summed E-state index contributed by atoms with van der Waals surface area (Å²) < 4.78 is 68.4. The van der Waals surface area contributed by atoms with E-state index in [0.717, 1.165) is 36.4 Å². The maximum atomic E-state index is 15.0. The number of benzene rings is 3. The molecule has 4 aromatic rings.